The Morgan fingerprint density at radius 3 is 2.14 bits per heavy atom. The Labute approximate surface area is 289 Å². The molecule has 0 radical (unpaired) electrons. The number of rotatable bonds is 12. The molecule has 258 valence electrons. The summed E-state index contributed by atoms with van der Waals surface area (Å²) >= 11 is 0.775. The molecule has 2 aromatic heterocycles. The summed E-state index contributed by atoms with van der Waals surface area (Å²) in [4.78, 5) is 34.8. The quantitative estimate of drug-likeness (QED) is 0.120. The van der Waals surface area contributed by atoms with Crippen molar-refractivity contribution >= 4 is 37.8 Å². The summed E-state index contributed by atoms with van der Waals surface area (Å²) in [5, 5.41) is 3.58. The zero-order valence-electron chi connectivity index (χ0n) is 28.0. The Kier molecular flexibility index (Phi) is 9.81. The number of ether oxygens (including phenoxy) is 2. The van der Waals surface area contributed by atoms with Gasteiger partial charge in [-0.15, -0.1) is 0 Å². The van der Waals surface area contributed by atoms with Crippen LogP contribution in [0.25, 0.3) is 10.3 Å². The molecule has 3 heterocycles. The van der Waals surface area contributed by atoms with Gasteiger partial charge in [-0.1, -0.05) is 104 Å². The minimum absolute atomic E-state index is 0.126. The predicted molar refractivity (Wildman–Crippen MR) is 191 cm³/mol. The number of H-pyrrole nitrogens is 1. The van der Waals surface area contributed by atoms with E-state index in [1.807, 2.05) is 91.9 Å². The predicted octanol–water partition coefficient (Wildman–Crippen LogP) is 5.87. The molecule has 0 spiro atoms. The van der Waals surface area contributed by atoms with E-state index in [1.165, 1.54) is 4.57 Å². The standard InChI is InChI=1S/C36H40N4O7S2/c1-6-22(2)29-21-28(23(3)47-49(5,43)44)33(46-29)40-31-30(48-35(40)42)32(41)38-34(37-31)39-36(24-13-9-7-10-14-24,25-15-11-8-12-16-25)26-17-19-27(45-4)20-18-26/h7-20,22-23,28-29,33H,6,21H2,1-5H3,(H2,37,38,39,41)/t22-,23+,28-,29-,33+/m0/s1. The van der Waals surface area contributed by atoms with Crippen molar-refractivity contribution in [2.75, 3.05) is 18.7 Å². The number of aromatic nitrogens is 3. The van der Waals surface area contributed by atoms with E-state index in [0.717, 1.165) is 40.7 Å². The zero-order valence-corrected chi connectivity index (χ0v) is 29.6. The lowest BCUT2D eigenvalue weighted by Crippen LogP contribution is -2.39. The van der Waals surface area contributed by atoms with Crippen LogP contribution in [-0.2, 0) is 24.6 Å². The van der Waals surface area contributed by atoms with Crippen LogP contribution in [0.15, 0.2) is 94.5 Å². The van der Waals surface area contributed by atoms with Crippen LogP contribution in [0, 0.1) is 11.8 Å². The molecular weight excluding hydrogens is 665 g/mol. The number of anilines is 1. The molecule has 2 N–H and O–H groups in total. The lowest BCUT2D eigenvalue weighted by Gasteiger charge is -2.37. The maximum Gasteiger partial charge on any atom is 0.311 e. The largest absolute Gasteiger partial charge is 0.497 e. The van der Waals surface area contributed by atoms with E-state index < -0.39 is 44.3 Å². The van der Waals surface area contributed by atoms with Crippen molar-refractivity contribution < 1.29 is 22.1 Å². The average Bonchev–Trinajstić information content (AvgIpc) is 3.68. The van der Waals surface area contributed by atoms with Gasteiger partial charge in [0, 0.05) is 5.92 Å². The highest BCUT2D eigenvalue weighted by Gasteiger charge is 2.44. The SMILES string of the molecule is CC[C@H](C)[C@@H]1C[C@@H]([C@@H](C)OS(C)(=O)=O)[C@H](n2c(=O)sc3c(=O)[nH]c(NC(c4ccccc4)(c4ccccc4)c4ccc(OC)cc4)nc32)O1. The number of thiazole rings is 1. The molecule has 1 fully saturated rings. The Morgan fingerprint density at radius 1 is 1.00 bits per heavy atom. The first kappa shape index (κ1) is 34.6. The maximum absolute atomic E-state index is 13.7. The highest BCUT2D eigenvalue weighted by atomic mass is 32.2. The molecule has 6 rings (SSSR count). The number of hydrogen-bond donors (Lipinski definition) is 2. The highest BCUT2D eigenvalue weighted by Crippen LogP contribution is 2.43. The van der Waals surface area contributed by atoms with Crippen molar-refractivity contribution in [3.05, 3.63) is 122 Å². The Balaban J connectivity index is 1.54. The summed E-state index contributed by atoms with van der Waals surface area (Å²) in [6.45, 7) is 5.76. The van der Waals surface area contributed by atoms with Gasteiger partial charge in [0.1, 0.15) is 22.2 Å². The van der Waals surface area contributed by atoms with Crippen LogP contribution in [0.2, 0.25) is 0 Å². The number of nitrogens with zero attached hydrogens (tertiary/aromatic N) is 2. The van der Waals surface area contributed by atoms with Gasteiger partial charge in [-0.25, -0.2) is 0 Å². The number of aromatic amines is 1. The second kappa shape index (κ2) is 13.9. The topological polar surface area (TPSA) is 142 Å². The fourth-order valence-electron chi connectivity index (χ4n) is 6.70. The normalized spacial score (nSPS) is 19.5. The first-order valence-corrected chi connectivity index (χ1v) is 18.8. The highest BCUT2D eigenvalue weighted by molar-refractivity contribution is 7.86. The third-order valence-corrected chi connectivity index (χ3v) is 11.0. The summed E-state index contributed by atoms with van der Waals surface area (Å²) in [5.41, 5.74) is 1.19. The Bertz CT molecular complexity index is 2090. The van der Waals surface area contributed by atoms with E-state index in [-0.39, 0.29) is 28.3 Å². The van der Waals surface area contributed by atoms with Crippen LogP contribution in [0.3, 0.4) is 0 Å². The number of hydrogen-bond acceptors (Lipinski definition) is 10. The third-order valence-electron chi connectivity index (χ3n) is 9.36. The molecule has 5 aromatic rings. The van der Waals surface area contributed by atoms with E-state index in [4.69, 9.17) is 18.6 Å². The summed E-state index contributed by atoms with van der Waals surface area (Å²) < 4.78 is 43.2. The number of methoxy groups -OCH3 is 1. The van der Waals surface area contributed by atoms with E-state index in [2.05, 4.69) is 17.2 Å². The van der Waals surface area contributed by atoms with Gasteiger partial charge in [0.05, 0.1) is 25.6 Å². The van der Waals surface area contributed by atoms with Gasteiger partial charge in [0.25, 0.3) is 15.7 Å². The van der Waals surface area contributed by atoms with Gasteiger partial charge in [-0.2, -0.15) is 13.4 Å². The Morgan fingerprint density at radius 2 is 1.59 bits per heavy atom. The van der Waals surface area contributed by atoms with E-state index >= 15 is 0 Å². The van der Waals surface area contributed by atoms with Gasteiger partial charge in [0.15, 0.2) is 5.65 Å². The first-order chi connectivity index (χ1) is 23.4. The summed E-state index contributed by atoms with van der Waals surface area (Å²) in [7, 11) is -2.19. The molecule has 11 nitrogen and oxygen atoms in total. The Hall–Kier alpha value is -4.30. The van der Waals surface area contributed by atoms with Crippen molar-refractivity contribution in [1.82, 2.24) is 14.5 Å². The number of benzene rings is 3. The molecule has 1 aliphatic rings. The van der Waals surface area contributed by atoms with E-state index in [1.54, 1.807) is 14.0 Å². The summed E-state index contributed by atoms with van der Waals surface area (Å²) in [6.07, 6.45) is 0.328. The van der Waals surface area contributed by atoms with Crippen LogP contribution in [0.1, 0.15) is 56.5 Å². The van der Waals surface area contributed by atoms with Crippen LogP contribution >= 0.6 is 11.3 Å². The van der Waals surface area contributed by atoms with Crippen LogP contribution in [0.5, 0.6) is 5.75 Å². The van der Waals surface area contributed by atoms with Gasteiger partial charge in [0.2, 0.25) is 5.95 Å². The van der Waals surface area contributed by atoms with Gasteiger partial charge < -0.3 is 14.8 Å². The zero-order chi connectivity index (χ0) is 34.9. The van der Waals surface area contributed by atoms with Gasteiger partial charge in [-0.05, 0) is 48.1 Å². The van der Waals surface area contributed by atoms with Crippen LogP contribution in [0.4, 0.5) is 5.95 Å². The van der Waals surface area contributed by atoms with Crippen molar-refractivity contribution in [1.29, 1.82) is 0 Å². The molecule has 0 saturated carbocycles. The van der Waals surface area contributed by atoms with Crippen molar-refractivity contribution in [2.24, 2.45) is 11.8 Å². The molecule has 1 aliphatic heterocycles. The lowest BCUT2D eigenvalue weighted by atomic mass is 9.77. The average molecular weight is 705 g/mol. The minimum atomic E-state index is -3.80. The monoisotopic (exact) mass is 704 g/mol. The molecule has 0 bridgehead atoms. The first-order valence-electron chi connectivity index (χ1n) is 16.2. The number of fused-ring (bicyclic) bond motifs is 1. The molecule has 49 heavy (non-hydrogen) atoms. The molecule has 1 saturated heterocycles. The fraction of sp³-hybridized carbons (Fsp3) is 0.361. The summed E-state index contributed by atoms with van der Waals surface area (Å²) in [6, 6.07) is 27.3. The molecule has 0 unspecified atom stereocenters. The molecule has 13 heteroatoms. The number of nitrogens with one attached hydrogen (secondary N) is 2. The lowest BCUT2D eigenvalue weighted by molar-refractivity contribution is -0.0442. The third kappa shape index (κ3) is 6.80. The van der Waals surface area contributed by atoms with E-state index in [0.29, 0.717) is 12.2 Å². The fourth-order valence-corrected chi connectivity index (χ4v) is 8.23. The van der Waals surface area contributed by atoms with Gasteiger partial charge >= 0.3 is 4.87 Å². The maximum atomic E-state index is 13.7. The second-order valence-corrected chi connectivity index (χ2v) is 15.1. The van der Waals surface area contributed by atoms with E-state index in [9.17, 15) is 18.0 Å². The second-order valence-electron chi connectivity index (χ2n) is 12.5. The smallest absolute Gasteiger partial charge is 0.311 e. The van der Waals surface area contributed by atoms with Crippen molar-refractivity contribution in [2.45, 2.75) is 57.6 Å². The van der Waals surface area contributed by atoms with Crippen molar-refractivity contribution in [3.63, 3.8) is 0 Å². The molecule has 3 aromatic carbocycles. The molecule has 0 aliphatic carbocycles. The van der Waals surface area contributed by atoms with Crippen LogP contribution in [-0.4, -0.2) is 48.5 Å². The van der Waals surface area contributed by atoms with Crippen LogP contribution < -0.4 is 20.5 Å². The molecular formula is C36H40N4O7S2. The van der Waals surface area contributed by atoms with Gasteiger partial charge in [-0.3, -0.25) is 23.3 Å². The molecule has 0 amide bonds. The summed E-state index contributed by atoms with van der Waals surface area (Å²) in [5.74, 6) is 0.439. The minimum Gasteiger partial charge on any atom is -0.497 e. The van der Waals surface area contributed by atoms with Crippen molar-refractivity contribution in [3.8, 4) is 5.75 Å². The molecule has 5 atom stereocenters.